The highest BCUT2D eigenvalue weighted by Gasteiger charge is 2.36. The second-order valence-electron chi connectivity index (χ2n) is 11.3. The molecule has 4 aromatic heterocycles. The second-order valence-corrected chi connectivity index (χ2v) is 13.3. The minimum Gasteiger partial charge on any atom is -0.476 e. The number of carboxylic acids is 1. The van der Waals surface area contributed by atoms with Crippen LogP contribution in [0.4, 0.5) is 21.9 Å². The van der Waals surface area contributed by atoms with Crippen LogP contribution in [0.15, 0.2) is 36.5 Å². The van der Waals surface area contributed by atoms with Gasteiger partial charge in [0.1, 0.15) is 0 Å². The van der Waals surface area contributed by atoms with E-state index in [4.69, 9.17) is 9.84 Å². The van der Waals surface area contributed by atoms with Crippen molar-refractivity contribution in [2.75, 3.05) is 31.0 Å². The van der Waals surface area contributed by atoms with E-state index in [-0.39, 0.29) is 11.2 Å². The smallest absolute Gasteiger partial charge is 0.356 e. The Morgan fingerprint density at radius 1 is 1.14 bits per heavy atom. The molecule has 1 saturated carbocycles. The van der Waals surface area contributed by atoms with E-state index >= 15 is 0 Å². The fourth-order valence-corrected chi connectivity index (χ4v) is 8.05. The number of aromatic carboxylic acids is 1. The molecule has 0 amide bonds. The highest BCUT2D eigenvalue weighted by molar-refractivity contribution is 7.22. The van der Waals surface area contributed by atoms with Crippen LogP contribution in [0.5, 0.6) is 0 Å². The maximum absolute atomic E-state index is 12.4. The first kappa shape index (κ1) is 30.1. The van der Waals surface area contributed by atoms with Crippen LogP contribution >= 0.6 is 22.7 Å². The van der Waals surface area contributed by atoms with Crippen LogP contribution in [0.3, 0.4) is 0 Å². The molecule has 0 atom stereocenters. The summed E-state index contributed by atoms with van der Waals surface area (Å²) in [5.74, 6) is 0.0897. The number of rotatable bonds is 11. The summed E-state index contributed by atoms with van der Waals surface area (Å²) in [6.45, 7) is 4.70. The van der Waals surface area contributed by atoms with Gasteiger partial charge in [-0.2, -0.15) is 5.10 Å². The van der Waals surface area contributed by atoms with Gasteiger partial charge in [-0.05, 0) is 63.3 Å². The molecular weight excluding hydrogens is 597 g/mol. The molecule has 0 radical (unpaired) electrons. The van der Waals surface area contributed by atoms with Crippen molar-refractivity contribution in [2.24, 2.45) is 0 Å². The van der Waals surface area contributed by atoms with Crippen molar-refractivity contribution in [2.45, 2.75) is 64.3 Å². The summed E-state index contributed by atoms with van der Waals surface area (Å²) < 4.78 is 8.59. The Kier molecular flexibility index (Phi) is 8.61. The minimum absolute atomic E-state index is 0.00961. The molecule has 6 rings (SSSR count). The Bertz CT molecular complexity index is 1760. The number of methoxy groups -OCH3 is 1. The number of anilines is 4. The molecule has 4 heterocycles. The summed E-state index contributed by atoms with van der Waals surface area (Å²) in [5.41, 5.74) is 3.49. The third-order valence-electron chi connectivity index (χ3n) is 8.42. The Morgan fingerprint density at radius 3 is 2.66 bits per heavy atom. The average Bonchev–Trinajstić information content (AvgIpc) is 3.75. The number of carbonyl (C=O) groups is 1. The first-order valence-corrected chi connectivity index (χ1v) is 16.4. The van der Waals surface area contributed by atoms with Crippen LogP contribution in [0.2, 0.25) is 0 Å². The van der Waals surface area contributed by atoms with Crippen LogP contribution in [0, 0.1) is 13.8 Å². The number of carboxylic acid groups (broad SMARTS) is 1. The highest BCUT2D eigenvalue weighted by atomic mass is 32.1. The first-order valence-electron chi connectivity index (χ1n) is 14.8. The largest absolute Gasteiger partial charge is 0.476 e. The Labute approximate surface area is 264 Å². The van der Waals surface area contributed by atoms with Gasteiger partial charge in [0, 0.05) is 32.0 Å². The average molecular weight is 633 g/mol. The number of hydrogen-bond acceptors (Lipinski definition) is 11. The number of nitrogens with zero attached hydrogens (tertiary/aromatic N) is 7. The molecule has 5 aromatic rings. The third kappa shape index (κ3) is 5.78. The number of fused-ring (bicyclic) bond motifs is 1. The van der Waals surface area contributed by atoms with E-state index in [1.807, 2.05) is 51.2 Å². The van der Waals surface area contributed by atoms with Gasteiger partial charge in [-0.1, -0.05) is 54.1 Å². The molecule has 44 heavy (non-hydrogen) atoms. The van der Waals surface area contributed by atoms with E-state index in [0.717, 1.165) is 70.7 Å². The maximum atomic E-state index is 12.4. The van der Waals surface area contributed by atoms with Crippen molar-refractivity contribution in [1.82, 2.24) is 29.9 Å². The van der Waals surface area contributed by atoms with Gasteiger partial charge in [-0.15, -0.1) is 10.2 Å². The van der Waals surface area contributed by atoms with Gasteiger partial charge >= 0.3 is 5.97 Å². The molecule has 1 aliphatic carbocycles. The number of thiazole rings is 2. The molecule has 1 aliphatic rings. The first-order chi connectivity index (χ1) is 21.3. The van der Waals surface area contributed by atoms with Gasteiger partial charge in [-0.25, -0.2) is 14.8 Å². The predicted molar refractivity (Wildman–Crippen MR) is 175 cm³/mol. The maximum Gasteiger partial charge on any atom is 0.356 e. The molecule has 1 fully saturated rings. The van der Waals surface area contributed by atoms with Crippen molar-refractivity contribution >= 4 is 60.8 Å². The molecule has 0 spiro atoms. The number of hydrogen-bond donors (Lipinski definition) is 2. The SMILES string of the molecule is COCCCC1(n2ncc(-c3sc(N(C)c4cc(C)c(Nc5nc6ccccc6s5)nn4)nc3C(=O)O)c2C)CCCCC1. The molecule has 2 N–H and O–H groups in total. The lowest BCUT2D eigenvalue weighted by atomic mass is 9.78. The van der Waals surface area contributed by atoms with E-state index in [1.165, 1.54) is 17.8 Å². The van der Waals surface area contributed by atoms with Gasteiger partial charge in [0.15, 0.2) is 27.6 Å². The Hall–Kier alpha value is -3.94. The number of para-hydroxylation sites is 1. The summed E-state index contributed by atoms with van der Waals surface area (Å²) in [4.78, 5) is 23.9. The molecule has 0 unspecified atom stereocenters. The topological polar surface area (TPSA) is 131 Å². The zero-order chi connectivity index (χ0) is 30.8. The summed E-state index contributed by atoms with van der Waals surface area (Å²) >= 11 is 2.87. The van der Waals surface area contributed by atoms with Crippen LogP contribution < -0.4 is 10.2 Å². The van der Waals surface area contributed by atoms with Gasteiger partial charge in [0.05, 0.1) is 26.8 Å². The van der Waals surface area contributed by atoms with Crippen LogP contribution in [0.1, 0.15) is 66.7 Å². The lowest BCUT2D eigenvalue weighted by Crippen LogP contribution is -2.37. The Morgan fingerprint density at radius 2 is 1.93 bits per heavy atom. The summed E-state index contributed by atoms with van der Waals surface area (Å²) in [6.07, 6.45) is 9.40. The molecule has 0 saturated heterocycles. The van der Waals surface area contributed by atoms with Crippen molar-refractivity contribution in [3.05, 3.63) is 53.5 Å². The van der Waals surface area contributed by atoms with Crippen LogP contribution in [-0.4, -0.2) is 61.8 Å². The fourth-order valence-electron chi connectivity index (χ4n) is 6.10. The quantitative estimate of drug-likeness (QED) is 0.143. The van der Waals surface area contributed by atoms with E-state index in [1.54, 1.807) is 29.5 Å². The van der Waals surface area contributed by atoms with E-state index in [9.17, 15) is 9.90 Å². The molecule has 230 valence electrons. The summed E-state index contributed by atoms with van der Waals surface area (Å²) in [6, 6.07) is 9.87. The number of ether oxygens (including phenoxy) is 1. The fraction of sp³-hybridized carbons (Fsp3) is 0.419. The molecular formula is C31H36N8O3S2. The van der Waals surface area contributed by atoms with Crippen molar-refractivity contribution < 1.29 is 14.6 Å². The number of nitrogens with one attached hydrogen (secondary N) is 1. The van der Waals surface area contributed by atoms with E-state index in [2.05, 4.69) is 30.2 Å². The van der Waals surface area contributed by atoms with Crippen LogP contribution in [-0.2, 0) is 10.3 Å². The third-order valence-corrected chi connectivity index (χ3v) is 10.5. The van der Waals surface area contributed by atoms with Gasteiger partial charge < -0.3 is 20.1 Å². The second kappa shape index (κ2) is 12.6. The monoisotopic (exact) mass is 632 g/mol. The van der Waals surface area contributed by atoms with Gasteiger partial charge in [0.2, 0.25) is 0 Å². The zero-order valence-electron chi connectivity index (χ0n) is 25.3. The standard InChI is InChI=1S/C31H36N8O3S2/c1-19-17-24(36-37-27(19)35-29-33-22-11-6-7-12-23(22)43-29)38(3)30-34-25(28(40)41)26(44-30)21-18-32-39(20(21)2)31(15-10-16-42-4)13-8-5-9-14-31/h6-7,11-12,17-18H,5,8-10,13-16H2,1-4H3,(H,40,41)(H,33,35,37). The molecule has 13 heteroatoms. The molecule has 1 aromatic carbocycles. The van der Waals surface area contributed by atoms with E-state index in [0.29, 0.717) is 28.3 Å². The van der Waals surface area contributed by atoms with Gasteiger partial charge in [-0.3, -0.25) is 4.68 Å². The van der Waals surface area contributed by atoms with Gasteiger partial charge in [0.25, 0.3) is 0 Å². The van der Waals surface area contributed by atoms with E-state index < -0.39 is 5.97 Å². The molecule has 0 aliphatic heterocycles. The van der Waals surface area contributed by atoms with Crippen molar-refractivity contribution in [3.63, 3.8) is 0 Å². The summed E-state index contributed by atoms with van der Waals surface area (Å²) in [7, 11) is 3.56. The number of aromatic nitrogens is 6. The summed E-state index contributed by atoms with van der Waals surface area (Å²) in [5, 5.41) is 28.4. The lowest BCUT2D eigenvalue weighted by molar-refractivity contribution is 0.0692. The predicted octanol–water partition coefficient (Wildman–Crippen LogP) is 7.32. The molecule has 11 nitrogen and oxygen atoms in total. The van der Waals surface area contributed by atoms with Crippen LogP contribution in [0.25, 0.3) is 20.7 Å². The van der Waals surface area contributed by atoms with Crippen molar-refractivity contribution in [1.29, 1.82) is 0 Å². The van der Waals surface area contributed by atoms with Crippen molar-refractivity contribution in [3.8, 4) is 10.4 Å². The highest BCUT2D eigenvalue weighted by Crippen LogP contribution is 2.43. The minimum atomic E-state index is -1.08. The number of aryl methyl sites for hydroxylation is 1. The lowest BCUT2D eigenvalue weighted by Gasteiger charge is -2.39. The normalized spacial score (nSPS) is 14.6. The number of benzene rings is 1. The molecule has 0 bridgehead atoms. The zero-order valence-corrected chi connectivity index (χ0v) is 27.0. The Balaban J connectivity index is 1.28.